The van der Waals surface area contributed by atoms with Crippen molar-refractivity contribution in [3.63, 3.8) is 0 Å². The third-order valence-electron chi connectivity index (χ3n) is 4.17. The number of carbonyl (C=O) groups is 1. The minimum Gasteiger partial charge on any atom is -0.495 e. The maximum absolute atomic E-state index is 12.4. The molecule has 0 atom stereocenters. The average molecular weight is 411 g/mol. The highest BCUT2D eigenvalue weighted by atomic mass is 16.5. The van der Waals surface area contributed by atoms with Gasteiger partial charge in [-0.15, -0.1) is 10.2 Å². The molecule has 3 rings (SSSR count). The van der Waals surface area contributed by atoms with Gasteiger partial charge in [-0.25, -0.2) is 0 Å². The van der Waals surface area contributed by atoms with Gasteiger partial charge in [0.05, 0.1) is 26.0 Å². The highest BCUT2D eigenvalue weighted by Crippen LogP contribution is 2.31. The first-order valence-electron chi connectivity index (χ1n) is 9.66. The van der Waals surface area contributed by atoms with Crippen LogP contribution in [0.5, 0.6) is 17.2 Å². The molecule has 30 heavy (non-hydrogen) atoms. The van der Waals surface area contributed by atoms with Crippen LogP contribution in [0.3, 0.4) is 0 Å². The van der Waals surface area contributed by atoms with Crippen LogP contribution in [0.15, 0.2) is 36.4 Å². The fourth-order valence-electron chi connectivity index (χ4n) is 2.85. The highest BCUT2D eigenvalue weighted by molar-refractivity contribution is 5.92. The molecule has 1 N–H and O–H groups in total. The van der Waals surface area contributed by atoms with E-state index in [2.05, 4.69) is 20.7 Å². The van der Waals surface area contributed by atoms with E-state index < -0.39 is 0 Å². The van der Waals surface area contributed by atoms with Gasteiger partial charge in [0, 0.05) is 5.56 Å². The number of aromatic nitrogens is 4. The van der Waals surface area contributed by atoms with E-state index in [1.165, 1.54) is 4.80 Å². The fraction of sp³-hybridized carbons (Fsp3) is 0.333. The van der Waals surface area contributed by atoms with Crippen molar-refractivity contribution >= 4 is 11.6 Å². The average Bonchev–Trinajstić information content (AvgIpc) is 3.18. The number of ether oxygens (including phenoxy) is 3. The molecule has 1 aromatic heterocycles. The predicted octanol–water partition coefficient (Wildman–Crippen LogP) is 3.09. The van der Waals surface area contributed by atoms with Gasteiger partial charge in [0.15, 0.2) is 11.5 Å². The zero-order chi connectivity index (χ0) is 21.5. The van der Waals surface area contributed by atoms with E-state index in [4.69, 9.17) is 14.2 Å². The van der Waals surface area contributed by atoms with Crippen molar-refractivity contribution < 1.29 is 19.0 Å². The number of hydrogen-bond donors (Lipinski definition) is 1. The first kappa shape index (κ1) is 21.1. The smallest absolute Gasteiger partial charge is 0.248 e. The fourth-order valence-corrected chi connectivity index (χ4v) is 2.85. The lowest BCUT2D eigenvalue weighted by atomic mass is 10.2. The van der Waals surface area contributed by atoms with E-state index in [1.807, 2.05) is 39.0 Å². The lowest BCUT2D eigenvalue weighted by Crippen LogP contribution is -2.20. The second-order valence-corrected chi connectivity index (χ2v) is 6.42. The van der Waals surface area contributed by atoms with Gasteiger partial charge in [-0.3, -0.25) is 4.79 Å². The molecule has 0 radical (unpaired) electrons. The van der Waals surface area contributed by atoms with Crippen LogP contribution in [-0.2, 0) is 11.3 Å². The number of tetrazole rings is 1. The highest BCUT2D eigenvalue weighted by Gasteiger charge is 2.14. The predicted molar refractivity (Wildman–Crippen MR) is 112 cm³/mol. The van der Waals surface area contributed by atoms with E-state index in [9.17, 15) is 4.79 Å². The summed E-state index contributed by atoms with van der Waals surface area (Å²) in [4.78, 5) is 13.7. The van der Waals surface area contributed by atoms with E-state index >= 15 is 0 Å². The Morgan fingerprint density at radius 3 is 2.50 bits per heavy atom. The molecule has 1 amide bonds. The Labute approximate surface area is 175 Å². The summed E-state index contributed by atoms with van der Waals surface area (Å²) in [5.74, 6) is 1.95. The second-order valence-electron chi connectivity index (χ2n) is 6.42. The van der Waals surface area contributed by atoms with Crippen molar-refractivity contribution in [2.24, 2.45) is 0 Å². The lowest BCUT2D eigenvalue weighted by molar-refractivity contribution is -0.117. The van der Waals surface area contributed by atoms with E-state index in [1.54, 1.807) is 25.3 Å². The largest absolute Gasteiger partial charge is 0.495 e. The van der Waals surface area contributed by atoms with Gasteiger partial charge in [-0.2, -0.15) is 4.80 Å². The van der Waals surface area contributed by atoms with Gasteiger partial charge in [-0.1, -0.05) is 6.07 Å². The monoisotopic (exact) mass is 411 g/mol. The van der Waals surface area contributed by atoms with Gasteiger partial charge in [0.1, 0.15) is 12.3 Å². The molecule has 0 bridgehead atoms. The number of rotatable bonds is 9. The third-order valence-corrected chi connectivity index (χ3v) is 4.17. The minimum absolute atomic E-state index is 0.0839. The van der Waals surface area contributed by atoms with Crippen LogP contribution in [0.4, 0.5) is 5.69 Å². The van der Waals surface area contributed by atoms with Gasteiger partial charge in [-0.05, 0) is 61.9 Å². The molecular weight excluding hydrogens is 386 g/mol. The minimum atomic E-state index is -0.287. The number of methoxy groups -OCH3 is 1. The van der Waals surface area contributed by atoms with Crippen molar-refractivity contribution in [2.45, 2.75) is 27.3 Å². The Kier molecular flexibility index (Phi) is 6.84. The molecular formula is C21H25N5O4. The summed E-state index contributed by atoms with van der Waals surface area (Å²) in [6, 6.07) is 11.0. The molecule has 0 saturated heterocycles. The van der Waals surface area contributed by atoms with Crippen molar-refractivity contribution in [3.05, 3.63) is 42.0 Å². The number of nitrogens with one attached hydrogen (secondary N) is 1. The number of hydrogen-bond acceptors (Lipinski definition) is 7. The molecule has 0 aliphatic rings. The molecule has 0 unspecified atom stereocenters. The number of benzene rings is 2. The summed E-state index contributed by atoms with van der Waals surface area (Å²) in [7, 11) is 1.55. The Bertz CT molecular complexity index is 1020. The second kappa shape index (κ2) is 9.73. The summed E-state index contributed by atoms with van der Waals surface area (Å²) in [6.45, 7) is 6.71. The van der Waals surface area contributed by atoms with Crippen LogP contribution >= 0.6 is 0 Å². The molecule has 1 heterocycles. The normalized spacial score (nSPS) is 10.5. The van der Waals surface area contributed by atoms with Gasteiger partial charge < -0.3 is 19.5 Å². The summed E-state index contributed by atoms with van der Waals surface area (Å²) in [6.07, 6.45) is 0. The molecule has 0 aliphatic heterocycles. The van der Waals surface area contributed by atoms with Crippen LogP contribution in [0.25, 0.3) is 11.4 Å². The molecule has 2 aromatic carbocycles. The number of anilines is 1. The van der Waals surface area contributed by atoms with Gasteiger partial charge in [0.25, 0.3) is 0 Å². The van der Waals surface area contributed by atoms with Crippen molar-refractivity contribution in [1.29, 1.82) is 0 Å². The Morgan fingerprint density at radius 1 is 1.03 bits per heavy atom. The molecule has 9 heteroatoms. The maximum atomic E-state index is 12.4. The molecule has 0 fully saturated rings. The lowest BCUT2D eigenvalue weighted by Gasteiger charge is -2.11. The van der Waals surface area contributed by atoms with Crippen LogP contribution in [0, 0.1) is 6.92 Å². The van der Waals surface area contributed by atoms with Crippen LogP contribution in [0.2, 0.25) is 0 Å². The van der Waals surface area contributed by atoms with Crippen LogP contribution in [0.1, 0.15) is 19.4 Å². The molecule has 0 saturated carbocycles. The standard InChI is InChI=1S/C21H25N5O4/c1-5-29-18-10-8-15(12-19(18)30-6-2)21-23-25-26(24-21)13-20(27)22-16-11-14(3)7-9-17(16)28-4/h7-12H,5-6,13H2,1-4H3,(H,22,27). The van der Waals surface area contributed by atoms with E-state index in [0.717, 1.165) is 5.56 Å². The number of amides is 1. The first-order chi connectivity index (χ1) is 14.5. The topological polar surface area (TPSA) is 100 Å². The SMILES string of the molecule is CCOc1ccc(-c2nnn(CC(=O)Nc3cc(C)ccc3OC)n2)cc1OCC. The molecule has 9 nitrogen and oxygen atoms in total. The Morgan fingerprint density at radius 2 is 1.77 bits per heavy atom. The Hall–Kier alpha value is -3.62. The molecule has 3 aromatic rings. The van der Waals surface area contributed by atoms with Gasteiger partial charge in [0.2, 0.25) is 11.7 Å². The molecule has 0 spiro atoms. The van der Waals surface area contributed by atoms with Crippen molar-refractivity contribution in [3.8, 4) is 28.6 Å². The summed E-state index contributed by atoms with van der Waals surface area (Å²) in [5.41, 5.74) is 2.32. The zero-order valence-electron chi connectivity index (χ0n) is 17.5. The molecule has 158 valence electrons. The third kappa shape index (κ3) is 5.05. The molecule has 0 aliphatic carbocycles. The number of aryl methyl sites for hydroxylation is 1. The van der Waals surface area contributed by atoms with Crippen LogP contribution < -0.4 is 19.5 Å². The first-order valence-corrected chi connectivity index (χ1v) is 9.66. The van der Waals surface area contributed by atoms with Crippen molar-refractivity contribution in [2.75, 3.05) is 25.6 Å². The Balaban J connectivity index is 1.73. The summed E-state index contributed by atoms with van der Waals surface area (Å²) >= 11 is 0. The summed E-state index contributed by atoms with van der Waals surface area (Å²) in [5, 5.41) is 15.2. The van der Waals surface area contributed by atoms with Crippen LogP contribution in [-0.4, -0.2) is 46.4 Å². The van der Waals surface area contributed by atoms with Crippen molar-refractivity contribution in [1.82, 2.24) is 20.2 Å². The van der Waals surface area contributed by atoms with E-state index in [-0.39, 0.29) is 12.5 Å². The maximum Gasteiger partial charge on any atom is 0.248 e. The van der Waals surface area contributed by atoms with Gasteiger partial charge >= 0.3 is 0 Å². The quantitative estimate of drug-likeness (QED) is 0.577. The number of nitrogens with zero attached hydrogens (tertiary/aromatic N) is 4. The van der Waals surface area contributed by atoms with E-state index in [0.29, 0.717) is 47.5 Å². The zero-order valence-corrected chi connectivity index (χ0v) is 17.5. The summed E-state index contributed by atoms with van der Waals surface area (Å²) < 4.78 is 16.5. The number of carbonyl (C=O) groups excluding carboxylic acids is 1.